The average Bonchev–Trinajstić information content (AvgIpc) is 3.06. The maximum atomic E-state index is 5.37. The van der Waals surface area contributed by atoms with Crippen molar-refractivity contribution in [3.8, 4) is 28.6 Å². The number of methoxy groups -OCH3 is 3. The second kappa shape index (κ2) is 7.83. The van der Waals surface area contributed by atoms with Crippen molar-refractivity contribution in [2.45, 2.75) is 0 Å². The second-order valence-corrected chi connectivity index (χ2v) is 5.64. The van der Waals surface area contributed by atoms with Crippen molar-refractivity contribution in [3.63, 3.8) is 0 Å². The van der Waals surface area contributed by atoms with E-state index in [-0.39, 0.29) is 0 Å². The molecule has 1 aromatic heterocycles. The van der Waals surface area contributed by atoms with Crippen molar-refractivity contribution in [1.29, 1.82) is 0 Å². The van der Waals surface area contributed by atoms with Crippen molar-refractivity contribution in [3.05, 3.63) is 52.8 Å². The number of hydrogen-bond acceptors (Lipinski definition) is 6. The zero-order valence-corrected chi connectivity index (χ0v) is 15.4. The van der Waals surface area contributed by atoms with Gasteiger partial charge in [-0.2, -0.15) is 14.9 Å². The van der Waals surface area contributed by atoms with Gasteiger partial charge in [0.05, 0.1) is 27.5 Å². The van der Waals surface area contributed by atoms with Gasteiger partial charge in [0.2, 0.25) is 4.77 Å². The van der Waals surface area contributed by atoms with Gasteiger partial charge in [-0.25, -0.2) is 5.10 Å². The SMILES string of the molecule is COc1cccc(-c2n[nH]c(=S)n2/N=C/c2cc(OC)ccc2OC)c1. The Morgan fingerprint density at radius 2 is 1.81 bits per heavy atom. The smallest absolute Gasteiger partial charge is 0.216 e. The van der Waals surface area contributed by atoms with Crippen LogP contribution in [0.1, 0.15) is 5.56 Å². The molecular formula is C18H18N4O3S. The number of aromatic amines is 1. The molecule has 0 saturated carbocycles. The summed E-state index contributed by atoms with van der Waals surface area (Å²) in [6, 6.07) is 13.0. The van der Waals surface area contributed by atoms with Crippen LogP contribution < -0.4 is 14.2 Å². The fraction of sp³-hybridized carbons (Fsp3) is 0.167. The third-order valence-electron chi connectivity index (χ3n) is 3.73. The summed E-state index contributed by atoms with van der Waals surface area (Å²) in [6.07, 6.45) is 1.65. The standard InChI is InChI=1S/C18H18N4O3S/c1-23-14-6-4-5-12(9-14)17-20-21-18(26)22(17)19-11-13-10-15(24-2)7-8-16(13)25-3/h4-11H,1-3H3,(H,21,26)/b19-11+. The Kier molecular flexibility index (Phi) is 5.33. The number of rotatable bonds is 6. The molecule has 0 unspecified atom stereocenters. The van der Waals surface area contributed by atoms with Crippen molar-refractivity contribution in [2.75, 3.05) is 21.3 Å². The summed E-state index contributed by atoms with van der Waals surface area (Å²) in [4.78, 5) is 0. The molecule has 8 heteroatoms. The van der Waals surface area contributed by atoms with Gasteiger partial charge in [-0.05, 0) is 42.5 Å². The molecule has 0 radical (unpaired) electrons. The van der Waals surface area contributed by atoms with Crippen molar-refractivity contribution in [1.82, 2.24) is 14.9 Å². The third-order valence-corrected chi connectivity index (χ3v) is 3.99. The number of ether oxygens (including phenoxy) is 3. The molecule has 0 amide bonds. The molecule has 0 aliphatic carbocycles. The van der Waals surface area contributed by atoms with E-state index in [2.05, 4.69) is 15.3 Å². The highest BCUT2D eigenvalue weighted by Gasteiger charge is 2.10. The van der Waals surface area contributed by atoms with Gasteiger partial charge in [-0.3, -0.25) is 0 Å². The predicted molar refractivity (Wildman–Crippen MR) is 102 cm³/mol. The number of H-pyrrole nitrogens is 1. The molecule has 1 N–H and O–H groups in total. The summed E-state index contributed by atoms with van der Waals surface area (Å²) in [7, 11) is 4.82. The highest BCUT2D eigenvalue weighted by Crippen LogP contribution is 2.24. The van der Waals surface area contributed by atoms with Gasteiger partial charge in [-0.15, -0.1) is 0 Å². The molecule has 0 spiro atoms. The summed E-state index contributed by atoms with van der Waals surface area (Å²) in [5, 5.41) is 11.5. The van der Waals surface area contributed by atoms with Gasteiger partial charge in [0, 0.05) is 11.1 Å². The van der Waals surface area contributed by atoms with Crippen molar-refractivity contribution < 1.29 is 14.2 Å². The molecule has 0 fully saturated rings. The minimum atomic E-state index is 0.376. The maximum Gasteiger partial charge on any atom is 0.216 e. The summed E-state index contributed by atoms with van der Waals surface area (Å²) < 4.78 is 17.8. The van der Waals surface area contributed by atoms with Crippen LogP contribution in [-0.4, -0.2) is 42.4 Å². The van der Waals surface area contributed by atoms with Crippen LogP contribution in [0, 0.1) is 4.77 Å². The third kappa shape index (κ3) is 3.60. The summed E-state index contributed by atoms with van der Waals surface area (Å²) >= 11 is 5.30. The van der Waals surface area contributed by atoms with Crippen molar-refractivity contribution >= 4 is 18.4 Å². The molecule has 0 atom stereocenters. The zero-order chi connectivity index (χ0) is 18.5. The highest BCUT2D eigenvalue weighted by molar-refractivity contribution is 7.71. The molecule has 0 bridgehead atoms. The van der Waals surface area contributed by atoms with E-state index >= 15 is 0 Å². The first kappa shape index (κ1) is 17.7. The first-order valence-corrected chi connectivity index (χ1v) is 8.15. The Balaban J connectivity index is 2.02. The predicted octanol–water partition coefficient (Wildman–Crippen LogP) is 3.52. The normalized spacial score (nSPS) is 10.9. The molecule has 7 nitrogen and oxygen atoms in total. The lowest BCUT2D eigenvalue weighted by atomic mass is 10.2. The number of benzene rings is 2. The molecule has 3 aromatic rings. The van der Waals surface area contributed by atoms with Crippen LogP contribution in [0.15, 0.2) is 47.6 Å². The number of nitrogens with one attached hydrogen (secondary N) is 1. The van der Waals surface area contributed by atoms with E-state index in [1.165, 1.54) is 0 Å². The van der Waals surface area contributed by atoms with Crippen LogP contribution >= 0.6 is 12.2 Å². The quantitative estimate of drug-likeness (QED) is 0.531. The first-order valence-electron chi connectivity index (χ1n) is 7.74. The van der Waals surface area contributed by atoms with E-state index in [1.54, 1.807) is 32.2 Å². The Bertz CT molecular complexity index is 994. The van der Waals surface area contributed by atoms with Crippen molar-refractivity contribution in [2.24, 2.45) is 5.10 Å². The second-order valence-electron chi connectivity index (χ2n) is 5.25. The minimum Gasteiger partial charge on any atom is -0.497 e. The maximum absolute atomic E-state index is 5.37. The summed E-state index contributed by atoms with van der Waals surface area (Å²) in [5.41, 5.74) is 1.58. The van der Waals surface area contributed by atoms with Crippen LogP contribution in [0.5, 0.6) is 17.2 Å². The van der Waals surface area contributed by atoms with Crippen LogP contribution in [-0.2, 0) is 0 Å². The van der Waals surface area contributed by atoms with Crippen LogP contribution in [0.2, 0.25) is 0 Å². The van der Waals surface area contributed by atoms with Crippen LogP contribution in [0.25, 0.3) is 11.4 Å². The van der Waals surface area contributed by atoms with E-state index in [0.29, 0.717) is 22.1 Å². The van der Waals surface area contributed by atoms with Gasteiger partial charge < -0.3 is 14.2 Å². The molecular weight excluding hydrogens is 352 g/mol. The molecule has 0 saturated heterocycles. The van der Waals surface area contributed by atoms with E-state index in [9.17, 15) is 0 Å². The number of nitrogens with zero attached hydrogens (tertiary/aromatic N) is 3. The summed E-state index contributed by atoms with van der Waals surface area (Å²) in [5.74, 6) is 2.68. The molecule has 26 heavy (non-hydrogen) atoms. The lowest BCUT2D eigenvalue weighted by Crippen LogP contribution is -1.97. The lowest BCUT2D eigenvalue weighted by Gasteiger charge is -2.07. The van der Waals surface area contributed by atoms with E-state index in [1.807, 2.05) is 42.5 Å². The Morgan fingerprint density at radius 3 is 2.54 bits per heavy atom. The van der Waals surface area contributed by atoms with E-state index in [4.69, 9.17) is 26.4 Å². The fourth-order valence-electron chi connectivity index (χ4n) is 2.41. The van der Waals surface area contributed by atoms with Gasteiger partial charge in [0.15, 0.2) is 5.82 Å². The molecule has 2 aromatic carbocycles. The average molecular weight is 370 g/mol. The van der Waals surface area contributed by atoms with Gasteiger partial charge in [0.1, 0.15) is 17.2 Å². The van der Waals surface area contributed by atoms with Crippen LogP contribution in [0.4, 0.5) is 0 Å². The Hall–Kier alpha value is -3.13. The fourth-order valence-corrected chi connectivity index (χ4v) is 2.59. The molecule has 134 valence electrons. The Labute approximate surface area is 155 Å². The van der Waals surface area contributed by atoms with Gasteiger partial charge in [0.25, 0.3) is 0 Å². The molecule has 0 aliphatic heterocycles. The van der Waals surface area contributed by atoms with E-state index < -0.39 is 0 Å². The monoisotopic (exact) mass is 370 g/mol. The lowest BCUT2D eigenvalue weighted by molar-refractivity contribution is 0.402. The molecule has 3 rings (SSSR count). The van der Waals surface area contributed by atoms with E-state index in [0.717, 1.165) is 16.9 Å². The molecule has 0 aliphatic rings. The summed E-state index contributed by atoms with van der Waals surface area (Å²) in [6.45, 7) is 0. The Morgan fingerprint density at radius 1 is 1.04 bits per heavy atom. The topological polar surface area (TPSA) is 73.7 Å². The minimum absolute atomic E-state index is 0.376. The zero-order valence-electron chi connectivity index (χ0n) is 14.6. The number of aromatic nitrogens is 3. The largest absolute Gasteiger partial charge is 0.497 e. The van der Waals surface area contributed by atoms with Gasteiger partial charge >= 0.3 is 0 Å². The van der Waals surface area contributed by atoms with Gasteiger partial charge in [-0.1, -0.05) is 12.1 Å². The number of hydrogen-bond donors (Lipinski definition) is 1. The molecule has 1 heterocycles. The highest BCUT2D eigenvalue weighted by atomic mass is 32.1. The van der Waals surface area contributed by atoms with Crippen LogP contribution in [0.3, 0.4) is 0 Å². The first-order chi connectivity index (χ1) is 12.7.